The van der Waals surface area contributed by atoms with E-state index < -0.39 is 22.9 Å². The Morgan fingerprint density at radius 1 is 1.09 bits per heavy atom. The van der Waals surface area contributed by atoms with Crippen molar-refractivity contribution in [2.24, 2.45) is 0 Å². The van der Waals surface area contributed by atoms with Crippen LogP contribution in [0.25, 0.3) is 0 Å². The number of amides is 2. The molecule has 0 aliphatic carbocycles. The van der Waals surface area contributed by atoms with Crippen molar-refractivity contribution in [3.8, 4) is 0 Å². The summed E-state index contributed by atoms with van der Waals surface area (Å²) < 4.78 is 10.9. The molecule has 2 amide bonds. The summed E-state index contributed by atoms with van der Waals surface area (Å²) in [6.07, 6.45) is 1.50. The van der Waals surface area contributed by atoms with Crippen molar-refractivity contribution < 1.29 is 28.8 Å². The highest BCUT2D eigenvalue weighted by molar-refractivity contribution is 5.80. The van der Waals surface area contributed by atoms with Crippen LogP contribution >= 0.6 is 0 Å². The van der Waals surface area contributed by atoms with Gasteiger partial charge in [0.25, 0.3) is 5.69 Å². The zero-order valence-electron chi connectivity index (χ0n) is 17.7. The Bertz CT molecular complexity index is 944. The van der Waals surface area contributed by atoms with Crippen LogP contribution in [-0.4, -0.2) is 62.5 Å². The van der Waals surface area contributed by atoms with Crippen molar-refractivity contribution in [2.75, 3.05) is 19.8 Å². The van der Waals surface area contributed by atoms with E-state index in [-0.39, 0.29) is 45.1 Å². The number of carbonyl (C=O) groups excluding carboxylic acids is 3. The van der Waals surface area contributed by atoms with Crippen molar-refractivity contribution in [3.05, 3.63) is 51.8 Å². The first-order valence-electron chi connectivity index (χ1n) is 9.78. The molecular formula is C19H24N6O7. The van der Waals surface area contributed by atoms with E-state index in [1.165, 1.54) is 40.0 Å². The van der Waals surface area contributed by atoms with Crippen LogP contribution in [0.5, 0.6) is 0 Å². The highest BCUT2D eigenvalue weighted by Crippen LogP contribution is 2.15. The molecular weight excluding hydrogens is 424 g/mol. The number of nitrogens with one attached hydrogen (secondary N) is 1. The van der Waals surface area contributed by atoms with Crippen LogP contribution in [0.15, 0.2) is 30.5 Å². The maximum Gasteiger partial charge on any atom is 0.327 e. The molecule has 0 saturated carbocycles. The van der Waals surface area contributed by atoms with Crippen molar-refractivity contribution in [1.29, 1.82) is 0 Å². The molecule has 0 atom stereocenters. The third-order valence-corrected chi connectivity index (χ3v) is 4.03. The number of carbonyl (C=O) groups is 3. The number of nitrogens with zero attached hydrogens (tertiary/aromatic N) is 5. The van der Waals surface area contributed by atoms with E-state index in [1.54, 1.807) is 13.8 Å². The number of esters is 2. The summed E-state index contributed by atoms with van der Waals surface area (Å²) in [5.41, 5.74) is 0.942. The number of ether oxygens (including phenoxy) is 2. The van der Waals surface area contributed by atoms with Crippen molar-refractivity contribution in [2.45, 2.75) is 33.5 Å². The number of nitro groups is 1. The maximum absolute atomic E-state index is 12.7. The molecule has 2 aromatic rings. The lowest BCUT2D eigenvalue weighted by molar-refractivity contribution is -0.384. The van der Waals surface area contributed by atoms with Crippen LogP contribution in [-0.2, 0) is 38.7 Å². The van der Waals surface area contributed by atoms with Gasteiger partial charge in [-0.05, 0) is 19.4 Å². The topological polar surface area (TPSA) is 159 Å². The van der Waals surface area contributed by atoms with Gasteiger partial charge < -0.3 is 19.7 Å². The number of benzene rings is 1. The van der Waals surface area contributed by atoms with Gasteiger partial charge in [0, 0.05) is 18.7 Å². The molecule has 1 aromatic heterocycles. The van der Waals surface area contributed by atoms with Crippen LogP contribution in [0.3, 0.4) is 0 Å². The molecule has 0 radical (unpaired) electrons. The molecule has 0 bridgehead atoms. The fraction of sp³-hybridized carbons (Fsp3) is 0.421. The number of aromatic nitrogens is 3. The minimum atomic E-state index is -0.587. The predicted octanol–water partition coefficient (Wildman–Crippen LogP) is 1.02. The molecule has 0 saturated heterocycles. The van der Waals surface area contributed by atoms with Gasteiger partial charge in [-0.15, -0.1) is 5.10 Å². The first-order chi connectivity index (χ1) is 15.3. The van der Waals surface area contributed by atoms with Crippen LogP contribution < -0.4 is 5.32 Å². The van der Waals surface area contributed by atoms with E-state index in [2.05, 4.69) is 15.6 Å². The lowest BCUT2D eigenvalue weighted by Crippen LogP contribution is -2.41. The van der Waals surface area contributed by atoms with E-state index >= 15 is 0 Å². The maximum atomic E-state index is 12.7. The van der Waals surface area contributed by atoms with Crippen LogP contribution in [0.4, 0.5) is 10.5 Å². The molecule has 13 nitrogen and oxygen atoms in total. The van der Waals surface area contributed by atoms with E-state index in [9.17, 15) is 24.5 Å². The van der Waals surface area contributed by atoms with Gasteiger partial charge in [-0.2, -0.15) is 0 Å². The van der Waals surface area contributed by atoms with Gasteiger partial charge in [0.2, 0.25) is 0 Å². The number of non-ortho nitro benzene ring substituents is 1. The normalized spacial score (nSPS) is 10.3. The van der Waals surface area contributed by atoms with Gasteiger partial charge in [0.15, 0.2) is 0 Å². The number of hydrogen-bond acceptors (Lipinski definition) is 9. The zero-order chi connectivity index (χ0) is 23.5. The first-order valence-corrected chi connectivity index (χ1v) is 9.78. The largest absolute Gasteiger partial charge is 0.465 e. The van der Waals surface area contributed by atoms with Gasteiger partial charge in [-0.25, -0.2) is 9.48 Å². The molecule has 0 spiro atoms. The summed E-state index contributed by atoms with van der Waals surface area (Å²) in [4.78, 5) is 47.5. The molecule has 32 heavy (non-hydrogen) atoms. The van der Waals surface area contributed by atoms with Gasteiger partial charge in [0.05, 0.1) is 30.9 Å². The number of hydrogen-bond donors (Lipinski definition) is 1. The van der Waals surface area contributed by atoms with Crippen LogP contribution in [0, 0.1) is 10.1 Å². The minimum Gasteiger partial charge on any atom is -0.465 e. The highest BCUT2D eigenvalue weighted by Gasteiger charge is 2.18. The fourth-order valence-electron chi connectivity index (χ4n) is 2.64. The standard InChI is InChI=1S/C19H24N6O7/c1-3-31-17(26)9-20-19(28)23(10-14-5-7-16(8-6-14)25(29)30)11-15-12-24(22-21-15)13-18(27)32-4-2/h5-8,12H,3-4,9-11,13H2,1-2H3,(H,20,28). The third-order valence-electron chi connectivity index (χ3n) is 4.03. The summed E-state index contributed by atoms with van der Waals surface area (Å²) in [6.45, 7) is 3.41. The Kier molecular flexibility index (Phi) is 9.07. The van der Waals surface area contributed by atoms with E-state index in [0.717, 1.165) is 0 Å². The molecule has 0 aliphatic rings. The predicted molar refractivity (Wildman–Crippen MR) is 109 cm³/mol. The second-order valence-corrected chi connectivity index (χ2v) is 6.46. The van der Waals surface area contributed by atoms with Crippen molar-refractivity contribution >= 4 is 23.7 Å². The Morgan fingerprint density at radius 3 is 2.38 bits per heavy atom. The van der Waals surface area contributed by atoms with Gasteiger partial charge >= 0.3 is 18.0 Å². The molecule has 13 heteroatoms. The van der Waals surface area contributed by atoms with E-state index in [0.29, 0.717) is 11.3 Å². The second kappa shape index (κ2) is 12.0. The Morgan fingerprint density at radius 2 is 1.75 bits per heavy atom. The smallest absolute Gasteiger partial charge is 0.327 e. The molecule has 2 rings (SSSR count). The Balaban J connectivity index is 2.11. The number of nitro benzene ring substituents is 1. The second-order valence-electron chi connectivity index (χ2n) is 6.46. The third kappa shape index (κ3) is 7.66. The van der Waals surface area contributed by atoms with Gasteiger partial charge in [-0.1, -0.05) is 17.3 Å². The molecule has 1 heterocycles. The summed E-state index contributed by atoms with van der Waals surface area (Å²) in [7, 11) is 0. The number of urea groups is 1. The molecule has 1 aromatic carbocycles. The van der Waals surface area contributed by atoms with Crippen molar-refractivity contribution in [1.82, 2.24) is 25.2 Å². The molecule has 0 fully saturated rings. The molecule has 172 valence electrons. The van der Waals surface area contributed by atoms with Gasteiger partial charge in [0.1, 0.15) is 18.8 Å². The minimum absolute atomic E-state index is 0.00840. The van der Waals surface area contributed by atoms with E-state index in [1.807, 2.05) is 0 Å². The fourth-order valence-corrected chi connectivity index (χ4v) is 2.64. The molecule has 0 aliphatic heterocycles. The summed E-state index contributed by atoms with van der Waals surface area (Å²) in [6, 6.07) is 5.15. The Labute approximate surface area is 183 Å². The lowest BCUT2D eigenvalue weighted by atomic mass is 10.2. The first kappa shape index (κ1) is 24.2. The van der Waals surface area contributed by atoms with Crippen LogP contribution in [0.2, 0.25) is 0 Å². The average molecular weight is 448 g/mol. The Hall–Kier alpha value is -4.03. The zero-order valence-corrected chi connectivity index (χ0v) is 17.7. The van der Waals surface area contributed by atoms with Crippen molar-refractivity contribution in [3.63, 3.8) is 0 Å². The monoisotopic (exact) mass is 448 g/mol. The molecule has 0 unspecified atom stereocenters. The van der Waals surface area contributed by atoms with Gasteiger partial charge in [-0.3, -0.25) is 19.7 Å². The molecule has 1 N–H and O–H groups in total. The summed E-state index contributed by atoms with van der Waals surface area (Å²) in [5, 5.41) is 21.1. The lowest BCUT2D eigenvalue weighted by Gasteiger charge is -2.22. The van der Waals surface area contributed by atoms with Crippen LogP contribution in [0.1, 0.15) is 25.1 Å². The number of rotatable bonds is 11. The SMILES string of the molecule is CCOC(=O)CNC(=O)N(Cc1ccc([N+](=O)[O-])cc1)Cc1cn(CC(=O)OCC)nn1. The van der Waals surface area contributed by atoms with E-state index in [4.69, 9.17) is 9.47 Å². The quantitative estimate of drug-likeness (QED) is 0.301. The summed E-state index contributed by atoms with van der Waals surface area (Å²) >= 11 is 0. The highest BCUT2D eigenvalue weighted by atomic mass is 16.6. The average Bonchev–Trinajstić information content (AvgIpc) is 3.19. The summed E-state index contributed by atoms with van der Waals surface area (Å²) in [5.74, 6) is -1.06.